The first-order valence-corrected chi connectivity index (χ1v) is 6.83. The van der Waals surface area contributed by atoms with E-state index in [2.05, 4.69) is 4.98 Å². The van der Waals surface area contributed by atoms with Crippen LogP contribution in [0.5, 0.6) is 0 Å². The van der Waals surface area contributed by atoms with Crippen molar-refractivity contribution >= 4 is 17.4 Å². The molecule has 21 heavy (non-hydrogen) atoms. The minimum absolute atomic E-state index is 0.0597. The molecule has 1 aromatic heterocycles. The van der Waals surface area contributed by atoms with E-state index in [1.54, 1.807) is 23.0 Å². The maximum atomic E-state index is 14.1. The smallest absolute Gasteiger partial charge is 0.151 e. The average molecular weight is 302 g/mol. The molecule has 0 amide bonds. The largest absolute Gasteiger partial charge is 0.383 e. The van der Waals surface area contributed by atoms with Crippen molar-refractivity contribution in [1.82, 2.24) is 9.55 Å². The first-order chi connectivity index (χ1) is 10.2. The summed E-state index contributed by atoms with van der Waals surface area (Å²) in [6.45, 7) is 0.585. The Bertz CT molecular complexity index is 768. The quantitative estimate of drug-likeness (QED) is 0.795. The molecule has 1 heterocycles. The summed E-state index contributed by atoms with van der Waals surface area (Å²) in [4.78, 5) is 4.22. The number of anilines is 1. The normalized spacial score (nSPS) is 10.8. The van der Waals surface area contributed by atoms with Crippen molar-refractivity contribution in [2.75, 3.05) is 5.73 Å². The second kappa shape index (κ2) is 5.58. The summed E-state index contributed by atoms with van der Waals surface area (Å²) in [7, 11) is 0. The van der Waals surface area contributed by atoms with Gasteiger partial charge in [0.1, 0.15) is 11.5 Å². The van der Waals surface area contributed by atoms with Crippen LogP contribution in [0.15, 0.2) is 54.9 Å². The predicted molar refractivity (Wildman–Crippen MR) is 82.6 cm³/mol. The van der Waals surface area contributed by atoms with Gasteiger partial charge in [0.25, 0.3) is 0 Å². The molecule has 0 aliphatic heterocycles. The lowest BCUT2D eigenvalue weighted by molar-refractivity contribution is 0.631. The Morgan fingerprint density at radius 1 is 1.10 bits per heavy atom. The number of aromatic nitrogens is 2. The maximum absolute atomic E-state index is 14.1. The van der Waals surface area contributed by atoms with E-state index in [-0.39, 0.29) is 5.02 Å². The molecule has 0 spiro atoms. The van der Waals surface area contributed by atoms with E-state index in [9.17, 15) is 4.39 Å². The van der Waals surface area contributed by atoms with Gasteiger partial charge in [-0.1, -0.05) is 48.0 Å². The molecular formula is C16H13ClFN3. The molecule has 3 nitrogen and oxygen atoms in total. The SMILES string of the molecule is Nc1c(-c2cccc(Cl)c2F)ncn1Cc1ccccc1. The third kappa shape index (κ3) is 2.62. The van der Waals surface area contributed by atoms with E-state index in [1.165, 1.54) is 6.07 Å². The van der Waals surface area contributed by atoms with Gasteiger partial charge in [-0.05, 0) is 17.7 Å². The number of hydrogen-bond donors (Lipinski definition) is 1. The summed E-state index contributed by atoms with van der Waals surface area (Å²) in [5.41, 5.74) is 7.91. The van der Waals surface area contributed by atoms with Crippen molar-refractivity contribution in [3.8, 4) is 11.3 Å². The summed E-state index contributed by atoms with van der Waals surface area (Å²) < 4.78 is 15.8. The molecule has 106 valence electrons. The highest BCUT2D eigenvalue weighted by atomic mass is 35.5. The fourth-order valence-electron chi connectivity index (χ4n) is 2.19. The monoisotopic (exact) mass is 301 g/mol. The van der Waals surface area contributed by atoms with E-state index in [0.29, 0.717) is 23.6 Å². The van der Waals surface area contributed by atoms with Gasteiger partial charge in [0, 0.05) is 5.56 Å². The molecule has 3 aromatic rings. The van der Waals surface area contributed by atoms with Gasteiger partial charge in [0.15, 0.2) is 5.82 Å². The molecule has 0 unspecified atom stereocenters. The summed E-state index contributed by atoms with van der Waals surface area (Å²) in [5.74, 6) is -0.0872. The van der Waals surface area contributed by atoms with Crippen LogP contribution >= 0.6 is 11.6 Å². The number of nitrogen functional groups attached to an aromatic ring is 1. The van der Waals surface area contributed by atoms with Crippen molar-refractivity contribution in [1.29, 1.82) is 0 Å². The number of nitrogens with zero attached hydrogens (tertiary/aromatic N) is 2. The van der Waals surface area contributed by atoms with Gasteiger partial charge in [0.2, 0.25) is 0 Å². The lowest BCUT2D eigenvalue weighted by Crippen LogP contribution is -2.03. The lowest BCUT2D eigenvalue weighted by Gasteiger charge is -2.07. The molecule has 0 saturated carbocycles. The summed E-state index contributed by atoms with van der Waals surface area (Å²) >= 11 is 5.80. The van der Waals surface area contributed by atoms with E-state index in [0.717, 1.165) is 5.56 Å². The van der Waals surface area contributed by atoms with E-state index in [1.807, 2.05) is 30.3 Å². The zero-order valence-electron chi connectivity index (χ0n) is 11.1. The Kier molecular flexibility index (Phi) is 3.62. The minimum Gasteiger partial charge on any atom is -0.383 e. The third-order valence-corrected chi connectivity index (χ3v) is 3.57. The first kappa shape index (κ1) is 13.6. The van der Waals surface area contributed by atoms with Crippen LogP contribution in [-0.2, 0) is 6.54 Å². The van der Waals surface area contributed by atoms with Gasteiger partial charge in [-0.3, -0.25) is 0 Å². The molecule has 0 bridgehead atoms. The zero-order valence-corrected chi connectivity index (χ0v) is 11.9. The van der Waals surface area contributed by atoms with Gasteiger partial charge < -0.3 is 10.3 Å². The molecule has 0 saturated heterocycles. The second-order valence-electron chi connectivity index (χ2n) is 4.69. The number of imidazole rings is 1. The van der Waals surface area contributed by atoms with Gasteiger partial charge in [-0.2, -0.15) is 0 Å². The van der Waals surface area contributed by atoms with Crippen molar-refractivity contribution in [3.05, 3.63) is 71.3 Å². The van der Waals surface area contributed by atoms with Crippen molar-refractivity contribution in [2.45, 2.75) is 6.54 Å². The Morgan fingerprint density at radius 3 is 2.62 bits per heavy atom. The predicted octanol–water partition coefficient (Wildman–Crippen LogP) is 3.97. The van der Waals surface area contributed by atoms with Gasteiger partial charge in [-0.25, -0.2) is 9.37 Å². The number of nitrogens with two attached hydrogens (primary N) is 1. The standard InChI is InChI=1S/C16H13ClFN3/c17-13-8-4-7-12(14(13)18)15-16(19)21(10-20-15)9-11-5-2-1-3-6-11/h1-8,10H,9,19H2. The first-order valence-electron chi connectivity index (χ1n) is 6.45. The Balaban J connectivity index is 1.98. The molecular weight excluding hydrogens is 289 g/mol. The summed E-state index contributed by atoms with van der Waals surface area (Å²) in [5, 5.41) is 0.0597. The molecule has 0 aliphatic carbocycles. The number of halogens is 2. The van der Waals surface area contributed by atoms with Crippen LogP contribution in [0.3, 0.4) is 0 Å². The van der Waals surface area contributed by atoms with Crippen LogP contribution in [0.25, 0.3) is 11.3 Å². The van der Waals surface area contributed by atoms with Crippen LogP contribution < -0.4 is 5.73 Å². The second-order valence-corrected chi connectivity index (χ2v) is 5.10. The van der Waals surface area contributed by atoms with Crippen molar-refractivity contribution in [3.63, 3.8) is 0 Å². The summed E-state index contributed by atoms with van der Waals surface area (Å²) in [6, 6.07) is 14.7. The minimum atomic E-state index is -0.504. The Labute approximate surface area is 126 Å². The molecule has 0 aliphatic rings. The summed E-state index contributed by atoms with van der Waals surface area (Å²) in [6.07, 6.45) is 1.61. The van der Waals surface area contributed by atoms with Crippen LogP contribution in [0.4, 0.5) is 10.2 Å². The van der Waals surface area contributed by atoms with E-state index < -0.39 is 5.82 Å². The molecule has 2 N–H and O–H groups in total. The van der Waals surface area contributed by atoms with Gasteiger partial charge in [0.05, 0.1) is 17.9 Å². The van der Waals surface area contributed by atoms with Crippen LogP contribution in [-0.4, -0.2) is 9.55 Å². The third-order valence-electron chi connectivity index (χ3n) is 3.28. The molecule has 0 radical (unpaired) electrons. The van der Waals surface area contributed by atoms with Crippen molar-refractivity contribution < 1.29 is 4.39 Å². The van der Waals surface area contributed by atoms with E-state index in [4.69, 9.17) is 17.3 Å². The molecule has 0 fully saturated rings. The highest BCUT2D eigenvalue weighted by molar-refractivity contribution is 6.31. The molecule has 0 atom stereocenters. The molecule has 5 heteroatoms. The van der Waals surface area contributed by atoms with Crippen LogP contribution in [0, 0.1) is 5.82 Å². The van der Waals surface area contributed by atoms with Crippen LogP contribution in [0.2, 0.25) is 5.02 Å². The number of benzene rings is 2. The average Bonchev–Trinajstić information content (AvgIpc) is 2.84. The Hall–Kier alpha value is -2.33. The van der Waals surface area contributed by atoms with Crippen LogP contribution in [0.1, 0.15) is 5.56 Å². The fraction of sp³-hybridized carbons (Fsp3) is 0.0625. The molecule has 3 rings (SSSR count). The highest BCUT2D eigenvalue weighted by Gasteiger charge is 2.15. The van der Waals surface area contributed by atoms with Gasteiger partial charge >= 0.3 is 0 Å². The Morgan fingerprint density at radius 2 is 1.86 bits per heavy atom. The topological polar surface area (TPSA) is 43.8 Å². The fourth-order valence-corrected chi connectivity index (χ4v) is 2.37. The number of rotatable bonds is 3. The lowest BCUT2D eigenvalue weighted by atomic mass is 10.1. The maximum Gasteiger partial charge on any atom is 0.151 e. The zero-order chi connectivity index (χ0) is 14.8. The highest BCUT2D eigenvalue weighted by Crippen LogP contribution is 2.30. The molecule has 2 aromatic carbocycles. The van der Waals surface area contributed by atoms with E-state index >= 15 is 0 Å². The number of hydrogen-bond acceptors (Lipinski definition) is 2. The van der Waals surface area contributed by atoms with Gasteiger partial charge in [-0.15, -0.1) is 0 Å². The van der Waals surface area contributed by atoms with Crippen molar-refractivity contribution in [2.24, 2.45) is 0 Å².